The first-order valence-electron chi connectivity index (χ1n) is 4.61. The predicted octanol–water partition coefficient (Wildman–Crippen LogP) is 1.09. The highest BCUT2D eigenvalue weighted by Crippen LogP contribution is 2.18. The smallest absolute Gasteiger partial charge is 0.150 e. The summed E-state index contributed by atoms with van der Waals surface area (Å²) in [5.41, 5.74) is 0.873. The number of hydrogen-bond donors (Lipinski definition) is 0. The summed E-state index contributed by atoms with van der Waals surface area (Å²) in [6.45, 7) is 1.18. The minimum absolute atomic E-state index is 0.157. The van der Waals surface area contributed by atoms with Crippen LogP contribution >= 0.6 is 0 Å². The standard InChI is InChI=1S/C11H10O4/c12-4-8-1-9(5-13)3-10(2-8)14-6-11-7-15-11/h1-5,11H,6-7H2/t11-/m0/s1. The van der Waals surface area contributed by atoms with E-state index in [-0.39, 0.29) is 6.10 Å². The second-order valence-corrected chi connectivity index (χ2v) is 3.34. The summed E-state index contributed by atoms with van der Waals surface area (Å²) >= 11 is 0. The van der Waals surface area contributed by atoms with Gasteiger partial charge in [-0.1, -0.05) is 0 Å². The molecular weight excluding hydrogens is 196 g/mol. The van der Waals surface area contributed by atoms with Gasteiger partial charge in [0.25, 0.3) is 0 Å². The van der Waals surface area contributed by atoms with E-state index < -0.39 is 0 Å². The quantitative estimate of drug-likeness (QED) is 0.534. The van der Waals surface area contributed by atoms with Crippen LogP contribution in [-0.4, -0.2) is 31.9 Å². The molecule has 15 heavy (non-hydrogen) atoms. The van der Waals surface area contributed by atoms with Crippen molar-refractivity contribution >= 4 is 12.6 Å². The lowest BCUT2D eigenvalue weighted by atomic mass is 10.1. The predicted molar refractivity (Wildman–Crippen MR) is 52.5 cm³/mol. The van der Waals surface area contributed by atoms with E-state index in [9.17, 15) is 9.59 Å². The molecule has 0 amide bonds. The van der Waals surface area contributed by atoms with E-state index in [1.54, 1.807) is 12.1 Å². The van der Waals surface area contributed by atoms with E-state index in [2.05, 4.69) is 0 Å². The molecule has 0 bridgehead atoms. The number of carbonyl (C=O) groups is 2. The highest BCUT2D eigenvalue weighted by molar-refractivity contribution is 5.83. The van der Waals surface area contributed by atoms with Crippen molar-refractivity contribution in [2.24, 2.45) is 0 Å². The van der Waals surface area contributed by atoms with Crippen LogP contribution in [0.4, 0.5) is 0 Å². The summed E-state index contributed by atoms with van der Waals surface area (Å²) in [6, 6.07) is 4.71. The maximum atomic E-state index is 10.6. The van der Waals surface area contributed by atoms with Crippen molar-refractivity contribution in [3.63, 3.8) is 0 Å². The molecule has 1 aliphatic heterocycles. The Morgan fingerprint density at radius 3 is 2.33 bits per heavy atom. The van der Waals surface area contributed by atoms with Crippen LogP contribution in [0.5, 0.6) is 5.75 Å². The van der Waals surface area contributed by atoms with Crippen LogP contribution in [-0.2, 0) is 4.74 Å². The zero-order valence-corrected chi connectivity index (χ0v) is 8.01. The maximum absolute atomic E-state index is 10.6. The second kappa shape index (κ2) is 4.23. The lowest BCUT2D eigenvalue weighted by molar-refractivity contribution is 0.112. The molecule has 0 radical (unpaired) electrons. The van der Waals surface area contributed by atoms with Gasteiger partial charge in [-0.25, -0.2) is 0 Å². The first-order chi connectivity index (χ1) is 7.31. The van der Waals surface area contributed by atoms with Crippen LogP contribution in [0.25, 0.3) is 0 Å². The van der Waals surface area contributed by atoms with Crippen molar-refractivity contribution in [1.82, 2.24) is 0 Å². The fourth-order valence-corrected chi connectivity index (χ4v) is 1.22. The maximum Gasteiger partial charge on any atom is 0.150 e. The second-order valence-electron chi connectivity index (χ2n) is 3.34. The normalized spacial score (nSPS) is 18.3. The topological polar surface area (TPSA) is 55.9 Å². The number of rotatable bonds is 5. The summed E-state index contributed by atoms with van der Waals surface area (Å²) in [7, 11) is 0. The largest absolute Gasteiger partial charge is 0.491 e. The van der Waals surface area contributed by atoms with Gasteiger partial charge in [0.1, 0.15) is 31.0 Å². The van der Waals surface area contributed by atoms with Gasteiger partial charge in [0.2, 0.25) is 0 Å². The van der Waals surface area contributed by atoms with Crippen molar-refractivity contribution in [2.75, 3.05) is 13.2 Å². The van der Waals surface area contributed by atoms with Gasteiger partial charge in [-0.15, -0.1) is 0 Å². The number of hydrogen-bond acceptors (Lipinski definition) is 4. The fraction of sp³-hybridized carbons (Fsp3) is 0.273. The van der Waals surface area contributed by atoms with Crippen molar-refractivity contribution in [3.05, 3.63) is 29.3 Å². The van der Waals surface area contributed by atoms with Gasteiger partial charge in [0.15, 0.2) is 0 Å². The number of carbonyl (C=O) groups excluding carboxylic acids is 2. The monoisotopic (exact) mass is 206 g/mol. The molecule has 0 unspecified atom stereocenters. The average molecular weight is 206 g/mol. The van der Waals surface area contributed by atoms with E-state index in [0.717, 1.165) is 0 Å². The van der Waals surface area contributed by atoms with Crippen molar-refractivity contribution in [1.29, 1.82) is 0 Å². The summed E-state index contributed by atoms with van der Waals surface area (Å²) in [6.07, 6.45) is 1.53. The molecule has 0 spiro atoms. The Balaban J connectivity index is 2.12. The SMILES string of the molecule is O=Cc1cc(C=O)cc(OC[C@H]2CO2)c1. The first kappa shape index (κ1) is 9.86. The van der Waals surface area contributed by atoms with E-state index in [1.165, 1.54) is 6.07 Å². The molecule has 1 aromatic rings. The lowest BCUT2D eigenvalue weighted by Gasteiger charge is -2.05. The van der Waals surface area contributed by atoms with Gasteiger partial charge >= 0.3 is 0 Å². The van der Waals surface area contributed by atoms with Crippen LogP contribution in [0.1, 0.15) is 20.7 Å². The zero-order chi connectivity index (χ0) is 10.7. The van der Waals surface area contributed by atoms with Gasteiger partial charge in [0.05, 0.1) is 6.61 Å². The summed E-state index contributed by atoms with van der Waals surface area (Å²) in [4.78, 5) is 21.2. The Bertz CT molecular complexity index is 356. The van der Waals surface area contributed by atoms with E-state index in [1.807, 2.05) is 0 Å². The Morgan fingerprint density at radius 2 is 1.87 bits per heavy atom. The Morgan fingerprint density at radius 1 is 1.27 bits per heavy atom. The molecule has 2 rings (SSSR count). The summed E-state index contributed by atoms with van der Waals surface area (Å²) in [5.74, 6) is 0.525. The van der Waals surface area contributed by atoms with Gasteiger partial charge < -0.3 is 9.47 Å². The third kappa shape index (κ3) is 2.63. The van der Waals surface area contributed by atoms with Gasteiger partial charge in [0, 0.05) is 11.1 Å². The number of aldehydes is 2. The molecule has 1 aromatic carbocycles. The fourth-order valence-electron chi connectivity index (χ4n) is 1.22. The van der Waals surface area contributed by atoms with E-state index in [4.69, 9.17) is 9.47 Å². The third-order valence-electron chi connectivity index (χ3n) is 2.06. The minimum Gasteiger partial charge on any atom is -0.491 e. The summed E-state index contributed by atoms with van der Waals surface area (Å²) in [5, 5.41) is 0. The molecule has 0 aromatic heterocycles. The number of epoxide rings is 1. The van der Waals surface area contributed by atoms with Crippen LogP contribution < -0.4 is 4.74 Å². The molecule has 1 atom stereocenters. The molecule has 1 saturated heterocycles. The molecule has 4 nitrogen and oxygen atoms in total. The summed E-state index contributed by atoms with van der Waals surface area (Å²) < 4.78 is 10.4. The first-order valence-corrected chi connectivity index (χ1v) is 4.61. The molecule has 4 heteroatoms. The molecule has 0 aliphatic carbocycles. The molecular formula is C11H10O4. The van der Waals surface area contributed by atoms with Crippen LogP contribution in [0.15, 0.2) is 18.2 Å². The van der Waals surface area contributed by atoms with Crippen molar-refractivity contribution in [3.8, 4) is 5.75 Å². The van der Waals surface area contributed by atoms with E-state index in [0.29, 0.717) is 42.7 Å². The molecule has 1 heterocycles. The molecule has 0 N–H and O–H groups in total. The highest BCUT2D eigenvalue weighted by atomic mass is 16.6. The number of ether oxygens (including phenoxy) is 2. The van der Waals surface area contributed by atoms with Gasteiger partial charge in [-0.3, -0.25) is 9.59 Å². The molecule has 1 fully saturated rings. The highest BCUT2D eigenvalue weighted by Gasteiger charge is 2.23. The Kier molecular flexibility index (Phi) is 2.78. The van der Waals surface area contributed by atoms with Crippen molar-refractivity contribution in [2.45, 2.75) is 6.10 Å². The Hall–Kier alpha value is -1.68. The minimum atomic E-state index is 0.157. The van der Waals surface area contributed by atoms with Gasteiger partial charge in [-0.2, -0.15) is 0 Å². The molecule has 0 saturated carbocycles. The molecule has 78 valence electrons. The van der Waals surface area contributed by atoms with Crippen LogP contribution in [0, 0.1) is 0 Å². The van der Waals surface area contributed by atoms with Gasteiger partial charge in [-0.05, 0) is 18.2 Å². The molecule has 1 aliphatic rings. The lowest BCUT2D eigenvalue weighted by Crippen LogP contribution is -2.04. The Labute approximate surface area is 86.8 Å². The van der Waals surface area contributed by atoms with Crippen LogP contribution in [0.3, 0.4) is 0 Å². The average Bonchev–Trinajstić information content (AvgIpc) is 3.09. The zero-order valence-electron chi connectivity index (χ0n) is 8.01. The van der Waals surface area contributed by atoms with Crippen molar-refractivity contribution < 1.29 is 19.1 Å². The third-order valence-corrected chi connectivity index (χ3v) is 2.06. The van der Waals surface area contributed by atoms with Crippen LogP contribution in [0.2, 0.25) is 0 Å². The van der Waals surface area contributed by atoms with E-state index >= 15 is 0 Å². The number of benzene rings is 1.